The number of fused-ring (bicyclic) bond motifs is 1. The van der Waals surface area contributed by atoms with Crippen LogP contribution in [0, 0.1) is 6.92 Å². The van der Waals surface area contributed by atoms with Crippen LogP contribution < -0.4 is 5.73 Å². The van der Waals surface area contributed by atoms with E-state index >= 15 is 0 Å². The second kappa shape index (κ2) is 6.97. The molecule has 0 spiro atoms. The summed E-state index contributed by atoms with van der Waals surface area (Å²) in [6, 6.07) is 6.47. The van der Waals surface area contributed by atoms with Crippen molar-refractivity contribution in [2.24, 2.45) is 0 Å². The summed E-state index contributed by atoms with van der Waals surface area (Å²) in [4.78, 5) is 19.5. The van der Waals surface area contributed by atoms with Crippen molar-refractivity contribution in [3.05, 3.63) is 42.4 Å². The number of aromatic amines is 1. The number of aromatic nitrogens is 6. The number of hydrogen-bond acceptors (Lipinski definition) is 6. The number of imidazole rings is 1. The average molecular weight is 388 g/mol. The van der Waals surface area contributed by atoms with Crippen LogP contribution >= 0.6 is 0 Å². The van der Waals surface area contributed by atoms with E-state index in [1.807, 2.05) is 31.3 Å². The molecule has 8 heteroatoms. The third-order valence-corrected chi connectivity index (χ3v) is 5.70. The van der Waals surface area contributed by atoms with Crippen molar-refractivity contribution in [2.75, 3.05) is 25.9 Å². The quantitative estimate of drug-likeness (QED) is 0.559. The van der Waals surface area contributed by atoms with Gasteiger partial charge in [-0.25, -0.2) is 15.0 Å². The highest BCUT2D eigenvalue weighted by Gasteiger charge is 2.20. The summed E-state index contributed by atoms with van der Waals surface area (Å²) in [6.45, 7) is 4.23. The Hall–Kier alpha value is -3.26. The lowest BCUT2D eigenvalue weighted by molar-refractivity contribution is 0.212. The van der Waals surface area contributed by atoms with E-state index in [1.165, 1.54) is 0 Å². The maximum absolute atomic E-state index is 6.14. The van der Waals surface area contributed by atoms with Crippen molar-refractivity contribution >= 4 is 16.9 Å². The number of benzene rings is 1. The zero-order valence-electron chi connectivity index (χ0n) is 16.6. The van der Waals surface area contributed by atoms with Gasteiger partial charge in [-0.3, -0.25) is 4.68 Å². The average Bonchev–Trinajstić information content (AvgIpc) is 3.37. The Morgan fingerprint density at radius 2 is 1.97 bits per heavy atom. The molecule has 1 aliphatic rings. The van der Waals surface area contributed by atoms with E-state index in [0.29, 0.717) is 23.4 Å². The first-order valence-corrected chi connectivity index (χ1v) is 9.90. The molecule has 3 N–H and O–H groups in total. The molecule has 1 aliphatic heterocycles. The minimum Gasteiger partial charge on any atom is -0.382 e. The van der Waals surface area contributed by atoms with Crippen molar-refractivity contribution in [1.29, 1.82) is 0 Å². The molecular weight excluding hydrogens is 364 g/mol. The molecule has 5 rings (SSSR count). The zero-order valence-corrected chi connectivity index (χ0v) is 16.6. The van der Waals surface area contributed by atoms with E-state index in [4.69, 9.17) is 15.7 Å². The molecule has 0 radical (unpaired) electrons. The molecule has 3 aromatic heterocycles. The van der Waals surface area contributed by atoms with Crippen LogP contribution in [0.25, 0.3) is 33.8 Å². The number of hydrogen-bond donors (Lipinski definition) is 2. The third kappa shape index (κ3) is 3.25. The Labute approximate surface area is 168 Å². The minimum absolute atomic E-state index is 0.355. The number of para-hydroxylation sites is 1. The normalized spacial score (nSPS) is 15.9. The standard InChI is InChI=1S/C21H24N8/c1-13-4-3-5-16-18(13)27-21(26-16)19-20(22)23-11-17(25-19)14-10-24-29(12-14)15-6-8-28(2)9-7-15/h3-5,10-12,15H,6-9H2,1-2H3,(H2,22,23)(H,26,27). The maximum Gasteiger partial charge on any atom is 0.161 e. The van der Waals surface area contributed by atoms with Gasteiger partial charge in [0.2, 0.25) is 0 Å². The molecular formula is C21H24N8. The summed E-state index contributed by atoms with van der Waals surface area (Å²) in [7, 11) is 2.16. The number of nitrogen functional groups attached to an aromatic ring is 1. The lowest BCUT2D eigenvalue weighted by Crippen LogP contribution is -2.31. The maximum atomic E-state index is 6.14. The van der Waals surface area contributed by atoms with Gasteiger partial charge in [-0.05, 0) is 51.5 Å². The van der Waals surface area contributed by atoms with E-state index in [2.05, 4.69) is 37.9 Å². The Kier molecular flexibility index (Phi) is 4.28. The number of anilines is 1. The largest absolute Gasteiger partial charge is 0.382 e. The molecule has 4 aromatic rings. The monoisotopic (exact) mass is 388 g/mol. The van der Waals surface area contributed by atoms with Crippen molar-refractivity contribution < 1.29 is 0 Å². The number of nitrogens with one attached hydrogen (secondary N) is 1. The third-order valence-electron chi connectivity index (χ3n) is 5.70. The predicted octanol–water partition coefficient (Wildman–Crippen LogP) is 3.04. The van der Waals surface area contributed by atoms with Gasteiger partial charge in [-0.1, -0.05) is 12.1 Å². The molecule has 0 atom stereocenters. The van der Waals surface area contributed by atoms with Crippen molar-refractivity contribution in [1.82, 2.24) is 34.6 Å². The minimum atomic E-state index is 0.355. The van der Waals surface area contributed by atoms with E-state index in [0.717, 1.165) is 53.8 Å². The van der Waals surface area contributed by atoms with Gasteiger partial charge >= 0.3 is 0 Å². The van der Waals surface area contributed by atoms with Crippen LogP contribution in [-0.2, 0) is 0 Å². The highest BCUT2D eigenvalue weighted by molar-refractivity contribution is 5.83. The number of aryl methyl sites for hydroxylation is 1. The number of likely N-dealkylation sites (tertiary alicyclic amines) is 1. The van der Waals surface area contributed by atoms with E-state index in [1.54, 1.807) is 6.20 Å². The highest BCUT2D eigenvalue weighted by atomic mass is 15.3. The fraction of sp³-hybridized carbons (Fsp3) is 0.333. The van der Waals surface area contributed by atoms with Crippen molar-refractivity contribution in [3.8, 4) is 22.8 Å². The smallest absolute Gasteiger partial charge is 0.161 e. The summed E-state index contributed by atoms with van der Waals surface area (Å²) < 4.78 is 2.06. The van der Waals surface area contributed by atoms with Gasteiger partial charge in [-0.15, -0.1) is 0 Å². The lowest BCUT2D eigenvalue weighted by atomic mass is 10.1. The van der Waals surface area contributed by atoms with Crippen LogP contribution in [-0.4, -0.2) is 54.8 Å². The SMILES string of the molecule is Cc1cccc2[nH]c(-c3nc(-c4cnn(C5CCN(C)CC5)c4)cnc3N)nc12. The summed E-state index contributed by atoms with van der Waals surface area (Å²) in [5.74, 6) is 0.983. The Morgan fingerprint density at radius 1 is 1.14 bits per heavy atom. The first-order chi connectivity index (χ1) is 14.1. The zero-order chi connectivity index (χ0) is 20.0. The van der Waals surface area contributed by atoms with Gasteiger partial charge in [0, 0.05) is 11.8 Å². The summed E-state index contributed by atoms with van der Waals surface area (Å²) in [5.41, 5.74) is 11.4. The summed E-state index contributed by atoms with van der Waals surface area (Å²) in [6.07, 6.45) is 7.82. The van der Waals surface area contributed by atoms with Gasteiger partial charge in [0.15, 0.2) is 11.6 Å². The van der Waals surface area contributed by atoms with E-state index in [9.17, 15) is 0 Å². The topological polar surface area (TPSA) is 102 Å². The van der Waals surface area contributed by atoms with Crippen LogP contribution in [0.1, 0.15) is 24.4 Å². The summed E-state index contributed by atoms with van der Waals surface area (Å²) >= 11 is 0. The number of nitrogens with two attached hydrogens (primary N) is 1. The molecule has 1 fully saturated rings. The van der Waals surface area contributed by atoms with Crippen LogP contribution in [0.2, 0.25) is 0 Å². The molecule has 0 aliphatic carbocycles. The molecule has 1 saturated heterocycles. The van der Waals surface area contributed by atoms with Gasteiger partial charge in [-0.2, -0.15) is 5.10 Å². The first-order valence-electron chi connectivity index (χ1n) is 9.90. The first kappa shape index (κ1) is 17.8. The Morgan fingerprint density at radius 3 is 2.76 bits per heavy atom. The Bertz CT molecular complexity index is 1170. The van der Waals surface area contributed by atoms with Gasteiger partial charge in [0.25, 0.3) is 0 Å². The Balaban J connectivity index is 1.49. The van der Waals surface area contributed by atoms with Crippen LogP contribution in [0.3, 0.4) is 0 Å². The van der Waals surface area contributed by atoms with E-state index < -0.39 is 0 Å². The van der Waals surface area contributed by atoms with Crippen molar-refractivity contribution in [3.63, 3.8) is 0 Å². The highest BCUT2D eigenvalue weighted by Crippen LogP contribution is 2.28. The fourth-order valence-corrected chi connectivity index (χ4v) is 3.93. The van der Waals surface area contributed by atoms with Crippen molar-refractivity contribution in [2.45, 2.75) is 25.8 Å². The summed E-state index contributed by atoms with van der Waals surface area (Å²) in [5, 5.41) is 4.59. The van der Waals surface area contributed by atoms with Gasteiger partial charge in [0.05, 0.1) is 35.2 Å². The van der Waals surface area contributed by atoms with E-state index in [-0.39, 0.29) is 0 Å². The van der Waals surface area contributed by atoms with Crippen LogP contribution in [0.15, 0.2) is 36.8 Å². The molecule has 1 aromatic carbocycles. The molecule has 0 saturated carbocycles. The number of rotatable bonds is 3. The second-order valence-corrected chi connectivity index (χ2v) is 7.79. The number of piperidine rings is 1. The molecule has 0 amide bonds. The molecule has 4 heterocycles. The molecule has 0 unspecified atom stereocenters. The molecule has 8 nitrogen and oxygen atoms in total. The van der Waals surface area contributed by atoms with Gasteiger partial charge < -0.3 is 15.6 Å². The van der Waals surface area contributed by atoms with Crippen LogP contribution in [0.5, 0.6) is 0 Å². The van der Waals surface area contributed by atoms with Crippen LogP contribution in [0.4, 0.5) is 5.82 Å². The number of H-pyrrole nitrogens is 1. The van der Waals surface area contributed by atoms with Gasteiger partial charge in [0.1, 0.15) is 5.69 Å². The molecule has 29 heavy (non-hydrogen) atoms. The lowest BCUT2D eigenvalue weighted by Gasteiger charge is -2.28. The fourth-order valence-electron chi connectivity index (χ4n) is 3.93. The molecule has 148 valence electrons. The predicted molar refractivity (Wildman–Crippen MR) is 113 cm³/mol. The number of nitrogens with zero attached hydrogens (tertiary/aromatic N) is 6. The second-order valence-electron chi connectivity index (χ2n) is 7.79. The molecule has 0 bridgehead atoms.